The number of rotatable bonds is 6. The molecular weight excluding hydrogens is 254 g/mol. The second kappa shape index (κ2) is 6.86. The Morgan fingerprint density at radius 2 is 2.30 bits per heavy atom. The molecule has 1 N–H and O–H groups in total. The van der Waals surface area contributed by atoms with Gasteiger partial charge in [0.25, 0.3) is 5.91 Å². The van der Waals surface area contributed by atoms with Crippen LogP contribution in [0.5, 0.6) is 0 Å². The highest BCUT2D eigenvalue weighted by Gasteiger charge is 2.14. The maximum absolute atomic E-state index is 12.4. The van der Waals surface area contributed by atoms with Crippen molar-refractivity contribution < 1.29 is 9.53 Å². The molecule has 0 aliphatic carbocycles. The fourth-order valence-electron chi connectivity index (χ4n) is 2.01. The molecule has 2 rings (SSSR count). The molecule has 0 radical (unpaired) electrons. The number of benzene rings is 1. The van der Waals surface area contributed by atoms with Crippen LogP contribution >= 0.6 is 0 Å². The molecule has 0 bridgehead atoms. The molecule has 106 valence electrons. The van der Waals surface area contributed by atoms with Gasteiger partial charge in [-0.15, -0.1) is 0 Å². The number of ether oxygens (including phenoxy) is 1. The normalized spacial score (nSPS) is 10.5. The summed E-state index contributed by atoms with van der Waals surface area (Å²) in [4.78, 5) is 21.5. The number of amides is 1. The van der Waals surface area contributed by atoms with Crippen molar-refractivity contribution in [3.63, 3.8) is 0 Å². The number of H-pyrrole nitrogens is 1. The number of likely N-dealkylation sites (N-methyl/N-ethyl adjacent to an activating group) is 1. The molecule has 2 aromatic rings. The highest BCUT2D eigenvalue weighted by atomic mass is 16.5. The second-order valence-corrected chi connectivity index (χ2v) is 4.40. The number of aromatic amines is 1. The van der Waals surface area contributed by atoms with Crippen molar-refractivity contribution in [1.82, 2.24) is 14.9 Å². The predicted octanol–water partition coefficient (Wildman–Crippen LogP) is 2.19. The van der Waals surface area contributed by atoms with Crippen LogP contribution < -0.4 is 0 Å². The second-order valence-electron chi connectivity index (χ2n) is 4.40. The molecule has 0 unspecified atom stereocenters. The van der Waals surface area contributed by atoms with Gasteiger partial charge in [-0.3, -0.25) is 4.79 Å². The van der Waals surface area contributed by atoms with Crippen molar-refractivity contribution in [3.05, 3.63) is 42.2 Å². The molecular formula is C15H19N3O2. The summed E-state index contributed by atoms with van der Waals surface area (Å²) < 4.78 is 5.03. The Morgan fingerprint density at radius 1 is 1.45 bits per heavy atom. The quantitative estimate of drug-likeness (QED) is 0.877. The summed E-state index contributed by atoms with van der Waals surface area (Å²) in [7, 11) is 1.63. The molecule has 20 heavy (non-hydrogen) atoms. The smallest absolute Gasteiger partial charge is 0.253 e. The van der Waals surface area contributed by atoms with Gasteiger partial charge in [0, 0.05) is 43.7 Å². The first-order valence-corrected chi connectivity index (χ1v) is 6.64. The highest BCUT2D eigenvalue weighted by Crippen LogP contribution is 2.17. The Morgan fingerprint density at radius 3 is 2.95 bits per heavy atom. The Balaban J connectivity index is 2.19. The lowest BCUT2D eigenvalue weighted by atomic mass is 10.1. The van der Waals surface area contributed by atoms with Gasteiger partial charge in [-0.25, -0.2) is 4.98 Å². The van der Waals surface area contributed by atoms with Crippen LogP contribution in [0.2, 0.25) is 0 Å². The van der Waals surface area contributed by atoms with E-state index in [-0.39, 0.29) is 5.91 Å². The molecule has 0 spiro atoms. The van der Waals surface area contributed by atoms with Gasteiger partial charge in [0.15, 0.2) is 0 Å². The molecule has 0 aliphatic rings. The van der Waals surface area contributed by atoms with Crippen LogP contribution in [-0.2, 0) is 4.74 Å². The number of nitrogens with zero attached hydrogens (tertiary/aromatic N) is 2. The van der Waals surface area contributed by atoms with Gasteiger partial charge in [-0.2, -0.15) is 0 Å². The van der Waals surface area contributed by atoms with Crippen molar-refractivity contribution in [1.29, 1.82) is 0 Å². The summed E-state index contributed by atoms with van der Waals surface area (Å²) >= 11 is 0. The van der Waals surface area contributed by atoms with Gasteiger partial charge < -0.3 is 14.6 Å². The molecule has 0 aliphatic heterocycles. The fraction of sp³-hybridized carbons (Fsp3) is 0.333. The highest BCUT2D eigenvalue weighted by molar-refractivity contribution is 5.95. The monoisotopic (exact) mass is 273 g/mol. The van der Waals surface area contributed by atoms with E-state index in [0.29, 0.717) is 25.3 Å². The topological polar surface area (TPSA) is 58.2 Å². The van der Waals surface area contributed by atoms with Crippen LogP contribution in [0, 0.1) is 0 Å². The third-order valence-corrected chi connectivity index (χ3v) is 3.12. The minimum absolute atomic E-state index is 0.0120. The fourth-order valence-corrected chi connectivity index (χ4v) is 2.01. The van der Waals surface area contributed by atoms with Crippen molar-refractivity contribution >= 4 is 5.91 Å². The van der Waals surface area contributed by atoms with E-state index in [1.165, 1.54) is 0 Å². The van der Waals surface area contributed by atoms with Gasteiger partial charge in [0.1, 0.15) is 5.82 Å². The Hall–Kier alpha value is -2.14. The predicted molar refractivity (Wildman–Crippen MR) is 77.5 cm³/mol. The minimum Gasteiger partial charge on any atom is -0.383 e. The zero-order valence-electron chi connectivity index (χ0n) is 11.8. The van der Waals surface area contributed by atoms with Crippen molar-refractivity contribution in [2.45, 2.75) is 6.92 Å². The number of methoxy groups -OCH3 is 1. The van der Waals surface area contributed by atoms with Crippen LogP contribution in [0.25, 0.3) is 11.4 Å². The van der Waals surface area contributed by atoms with E-state index in [1.54, 1.807) is 24.4 Å². The summed E-state index contributed by atoms with van der Waals surface area (Å²) in [5.74, 6) is 0.776. The van der Waals surface area contributed by atoms with Gasteiger partial charge in [0.2, 0.25) is 0 Å². The van der Waals surface area contributed by atoms with E-state index in [2.05, 4.69) is 9.97 Å². The van der Waals surface area contributed by atoms with Gasteiger partial charge in [0.05, 0.1) is 6.61 Å². The van der Waals surface area contributed by atoms with Crippen molar-refractivity contribution in [2.24, 2.45) is 0 Å². The maximum Gasteiger partial charge on any atom is 0.253 e. The van der Waals surface area contributed by atoms with E-state index in [1.807, 2.05) is 31.2 Å². The average molecular weight is 273 g/mol. The molecule has 0 saturated carbocycles. The summed E-state index contributed by atoms with van der Waals surface area (Å²) in [6, 6.07) is 7.48. The Kier molecular flexibility index (Phi) is 4.90. The first-order valence-electron chi connectivity index (χ1n) is 6.64. The van der Waals surface area contributed by atoms with Crippen LogP contribution in [0.1, 0.15) is 17.3 Å². The molecule has 0 fully saturated rings. The molecule has 1 aromatic carbocycles. The van der Waals surface area contributed by atoms with Crippen LogP contribution in [-0.4, -0.2) is 47.6 Å². The molecule has 5 heteroatoms. The number of hydrogen-bond donors (Lipinski definition) is 1. The molecule has 1 heterocycles. The molecule has 5 nitrogen and oxygen atoms in total. The number of carbonyl (C=O) groups is 1. The number of imidazole rings is 1. The van der Waals surface area contributed by atoms with E-state index >= 15 is 0 Å². The molecule has 1 amide bonds. The van der Waals surface area contributed by atoms with Crippen LogP contribution in [0.15, 0.2) is 36.7 Å². The van der Waals surface area contributed by atoms with Crippen molar-refractivity contribution in [3.8, 4) is 11.4 Å². The summed E-state index contributed by atoms with van der Waals surface area (Å²) in [6.45, 7) is 3.76. The number of aromatic nitrogens is 2. The standard InChI is InChI=1S/C15H19N3O2/c1-3-18(9-10-20-2)15(19)13-6-4-5-12(11-13)14-16-7-8-17-14/h4-8,11H,3,9-10H2,1-2H3,(H,16,17). The lowest BCUT2D eigenvalue weighted by Crippen LogP contribution is -2.33. The molecule has 1 aromatic heterocycles. The lowest BCUT2D eigenvalue weighted by molar-refractivity contribution is 0.0706. The largest absolute Gasteiger partial charge is 0.383 e. The van der Waals surface area contributed by atoms with Gasteiger partial charge in [-0.05, 0) is 19.1 Å². The first kappa shape index (κ1) is 14.3. The van der Waals surface area contributed by atoms with Crippen LogP contribution in [0.3, 0.4) is 0 Å². The summed E-state index contributed by atoms with van der Waals surface area (Å²) in [5, 5.41) is 0. The lowest BCUT2D eigenvalue weighted by Gasteiger charge is -2.20. The van der Waals surface area contributed by atoms with Crippen LogP contribution in [0.4, 0.5) is 0 Å². The average Bonchev–Trinajstić information content (AvgIpc) is 3.02. The van der Waals surface area contributed by atoms with E-state index in [9.17, 15) is 4.79 Å². The number of hydrogen-bond acceptors (Lipinski definition) is 3. The SMILES string of the molecule is CCN(CCOC)C(=O)c1cccc(-c2ncc[nH]2)c1. The Labute approximate surface area is 118 Å². The minimum atomic E-state index is 0.0120. The first-order chi connectivity index (χ1) is 9.76. The number of nitrogens with one attached hydrogen (secondary N) is 1. The third kappa shape index (κ3) is 3.24. The van der Waals surface area contributed by atoms with Crippen molar-refractivity contribution in [2.75, 3.05) is 26.8 Å². The molecule has 0 atom stereocenters. The zero-order chi connectivity index (χ0) is 14.4. The van der Waals surface area contributed by atoms with Gasteiger partial charge >= 0.3 is 0 Å². The summed E-state index contributed by atoms with van der Waals surface area (Å²) in [5.41, 5.74) is 1.57. The Bertz CT molecular complexity index is 552. The third-order valence-electron chi connectivity index (χ3n) is 3.12. The van der Waals surface area contributed by atoms with E-state index < -0.39 is 0 Å². The maximum atomic E-state index is 12.4. The van der Waals surface area contributed by atoms with Gasteiger partial charge in [-0.1, -0.05) is 12.1 Å². The van der Waals surface area contributed by atoms with E-state index in [4.69, 9.17) is 4.74 Å². The molecule has 0 saturated heterocycles. The van der Waals surface area contributed by atoms with E-state index in [0.717, 1.165) is 11.4 Å². The number of carbonyl (C=O) groups excluding carboxylic acids is 1. The zero-order valence-corrected chi connectivity index (χ0v) is 11.8. The summed E-state index contributed by atoms with van der Waals surface area (Å²) in [6.07, 6.45) is 3.46.